The van der Waals surface area contributed by atoms with Crippen LogP contribution in [0.4, 0.5) is 46.0 Å². The molecule has 0 radical (unpaired) electrons. The second kappa shape index (κ2) is 43.6. The maximum Gasteiger partial charge on any atom is 0.498 e. The molecule has 10 N–H and O–H groups in total. The minimum atomic E-state index is -0.895. The zero-order chi connectivity index (χ0) is 95.8. The van der Waals surface area contributed by atoms with Gasteiger partial charge < -0.3 is 90.5 Å². The van der Waals surface area contributed by atoms with Gasteiger partial charge in [-0.05, 0) is 119 Å². The van der Waals surface area contributed by atoms with Gasteiger partial charge >= 0.3 is 31.0 Å². The van der Waals surface area contributed by atoms with Crippen LogP contribution >= 0.6 is 69.0 Å². The van der Waals surface area contributed by atoms with E-state index in [1.54, 1.807) is 135 Å². The van der Waals surface area contributed by atoms with Crippen molar-refractivity contribution in [3.63, 3.8) is 0 Å². The third-order valence-corrected chi connectivity index (χ3v) is 23.8. The first kappa shape index (κ1) is 97.6. The molecule has 698 valence electrons. The maximum absolute atomic E-state index is 13.1. The lowest BCUT2D eigenvalue weighted by molar-refractivity contribution is -0.144. The van der Waals surface area contributed by atoms with Crippen molar-refractivity contribution >= 4 is 175 Å². The number of carboxylic acid groups (broad SMARTS) is 2. The first-order valence-electron chi connectivity index (χ1n) is 41.4. The minimum Gasteiger partial charge on any atom is -0.481 e. The molecule has 5 aliphatic heterocycles. The molecule has 0 saturated carbocycles. The van der Waals surface area contributed by atoms with E-state index < -0.39 is 19.1 Å². The number of carbonyl (C=O) groups is 8. The zero-order valence-corrected chi connectivity index (χ0v) is 77.9. The Kier molecular flexibility index (Phi) is 31.8. The topological polar surface area (TPSA) is 542 Å². The van der Waals surface area contributed by atoms with E-state index in [1.165, 1.54) is 40.0 Å². The van der Waals surface area contributed by atoms with E-state index in [4.69, 9.17) is 117 Å². The van der Waals surface area contributed by atoms with E-state index in [9.17, 15) is 38.4 Å². The highest BCUT2D eigenvalue weighted by Crippen LogP contribution is 2.41. The summed E-state index contributed by atoms with van der Waals surface area (Å²) in [6, 6.07) is 21.2. The van der Waals surface area contributed by atoms with E-state index in [1.807, 2.05) is 52.1 Å². The number of ether oxygens (including phenoxy) is 6. The average Bonchev–Trinajstić information content (AvgIpc) is 1.60. The number of carbonyl (C=O) groups excluding carboxylic acids is 6. The molecular formula is C86H88BCl4IN24O18. The van der Waals surface area contributed by atoms with Gasteiger partial charge in [-0.2, -0.15) is 20.4 Å². The van der Waals surface area contributed by atoms with Gasteiger partial charge in [-0.3, -0.25) is 57.1 Å². The van der Waals surface area contributed by atoms with Crippen molar-refractivity contribution in [2.24, 2.45) is 0 Å². The number of anilines is 8. The molecule has 4 amide bonds. The number of rotatable bonds is 22. The highest BCUT2D eigenvalue weighted by molar-refractivity contribution is 14.1. The lowest BCUT2D eigenvalue weighted by atomic mass is 9.82. The fourth-order valence-corrected chi connectivity index (χ4v) is 15.1. The number of fused-ring (bicyclic) bond motifs is 4. The van der Waals surface area contributed by atoms with Crippen molar-refractivity contribution in [1.29, 1.82) is 0 Å². The van der Waals surface area contributed by atoms with Gasteiger partial charge in [0.25, 0.3) is 23.6 Å². The quantitative estimate of drug-likeness (QED) is 0.0209. The summed E-state index contributed by atoms with van der Waals surface area (Å²) in [5.74, 6) is -2.70. The fraction of sp³-hybridized carbons (Fsp3) is 0.302. The Labute approximate surface area is 798 Å². The minimum absolute atomic E-state index is 0.0265. The maximum atomic E-state index is 13.1. The van der Waals surface area contributed by atoms with Gasteiger partial charge in [-0.1, -0.05) is 64.6 Å². The molecule has 8 aromatic heterocycles. The van der Waals surface area contributed by atoms with Crippen LogP contribution in [0.25, 0.3) is 33.4 Å². The predicted octanol–water partition coefficient (Wildman–Crippen LogP) is 10.2. The second-order valence-electron chi connectivity index (χ2n) is 30.6. The summed E-state index contributed by atoms with van der Waals surface area (Å²) in [5, 5.41) is 36.3. The normalized spacial score (nSPS) is 14.6. The highest BCUT2D eigenvalue weighted by atomic mass is 127. The molecule has 12 aromatic rings. The third kappa shape index (κ3) is 23.4. The predicted molar refractivity (Wildman–Crippen MR) is 502 cm³/mol. The summed E-state index contributed by atoms with van der Waals surface area (Å²) >= 11 is 27.8. The number of nitrogens with zero attached hydrogens (tertiary/aromatic N) is 20. The Balaban J connectivity index is 0.000000143. The number of aryl methyl sites for hydroxylation is 4. The van der Waals surface area contributed by atoms with Gasteiger partial charge in [0.1, 0.15) is 97.3 Å². The van der Waals surface area contributed by atoms with Crippen molar-refractivity contribution in [3.8, 4) is 56.9 Å². The molecule has 17 rings (SSSR count). The fourth-order valence-electron chi connectivity index (χ4n) is 13.8. The molecule has 13 heterocycles. The Morgan fingerprint density at radius 1 is 0.418 bits per heavy atom. The summed E-state index contributed by atoms with van der Waals surface area (Å²) in [4.78, 5) is 134. The van der Waals surface area contributed by atoms with E-state index >= 15 is 0 Å². The number of nitrogen functional groups attached to an aromatic ring is 4. The number of halogens is 5. The van der Waals surface area contributed by atoms with Crippen LogP contribution in [-0.2, 0) is 64.1 Å². The van der Waals surface area contributed by atoms with Gasteiger partial charge in [0.05, 0.1) is 141 Å². The number of hydrogen-bond acceptors (Lipinski definition) is 32. The monoisotopic (exact) mass is 2020 g/mol. The SMILES string of the molecule is CCOC(=O)CCn1cc(-c2ccc(N3CCOc4ncnc(N)c4C3=O)cc2Cl)cn1.CCOC(=O)CCn1cc(B2OC(C)(C)C(C)(C)O2)cn1.Nc1ncnc2c1C(=O)N(c1ccc(-c3cnn(CCC(=O)O)c3)c(Cl)c1)CCO2.Nc1ncnc2c1C(=O)N(c1ccc(-c3cnn(CCC(=O)O)c3)c(Cl)c1)CCO2.Nc1ncnc2c1C(=O)N(c1ccc(I)c(Cl)c1)CCO2. The smallest absolute Gasteiger partial charge is 0.481 e. The summed E-state index contributed by atoms with van der Waals surface area (Å²) in [5.41, 5.74) is 31.0. The van der Waals surface area contributed by atoms with E-state index in [0.29, 0.717) is 106 Å². The van der Waals surface area contributed by atoms with Gasteiger partial charge in [0, 0.05) is 96.1 Å². The van der Waals surface area contributed by atoms with Crippen LogP contribution in [0.2, 0.25) is 20.1 Å². The number of aliphatic carboxylic acids is 2. The Morgan fingerprint density at radius 2 is 0.701 bits per heavy atom. The Hall–Kier alpha value is -13.9. The van der Waals surface area contributed by atoms with Crippen LogP contribution < -0.4 is 66.9 Å². The average molecular weight is 2030 g/mol. The molecule has 5 aliphatic rings. The molecule has 48 heteroatoms. The van der Waals surface area contributed by atoms with Crippen LogP contribution in [0.1, 0.15) is 109 Å². The van der Waals surface area contributed by atoms with Crippen LogP contribution in [0.3, 0.4) is 0 Å². The molecule has 1 fully saturated rings. The molecule has 134 heavy (non-hydrogen) atoms. The zero-order valence-electron chi connectivity index (χ0n) is 72.7. The lowest BCUT2D eigenvalue weighted by Gasteiger charge is -2.32. The van der Waals surface area contributed by atoms with Gasteiger partial charge in [-0.15, -0.1) is 0 Å². The van der Waals surface area contributed by atoms with Crippen LogP contribution in [0.5, 0.6) is 23.5 Å². The summed E-state index contributed by atoms with van der Waals surface area (Å²) in [6.45, 7) is 16.1. The van der Waals surface area contributed by atoms with E-state index in [2.05, 4.69) is 82.9 Å². The van der Waals surface area contributed by atoms with Crippen molar-refractivity contribution in [2.45, 2.75) is 105 Å². The molecule has 0 spiro atoms. The highest BCUT2D eigenvalue weighted by Gasteiger charge is 2.52. The number of aromatic nitrogens is 16. The molecule has 0 aliphatic carbocycles. The number of carboxylic acids is 2. The van der Waals surface area contributed by atoms with E-state index in [-0.39, 0.29) is 181 Å². The third-order valence-electron chi connectivity index (χ3n) is 21.2. The molecule has 0 atom stereocenters. The van der Waals surface area contributed by atoms with Crippen molar-refractivity contribution < 1.29 is 86.3 Å². The van der Waals surface area contributed by atoms with Crippen LogP contribution in [0.15, 0.2) is 148 Å². The molecule has 0 unspecified atom stereocenters. The Bertz CT molecular complexity index is 6190. The first-order valence-corrected chi connectivity index (χ1v) is 44.0. The molecular weight excluding hydrogens is 1940 g/mol. The molecule has 42 nitrogen and oxygen atoms in total. The second-order valence-corrected chi connectivity index (χ2v) is 33.4. The number of amides is 4. The number of benzene rings is 4. The largest absolute Gasteiger partial charge is 0.498 e. The van der Waals surface area contributed by atoms with Crippen LogP contribution in [0, 0.1) is 3.57 Å². The van der Waals surface area contributed by atoms with Crippen molar-refractivity contribution in [3.05, 3.63) is 194 Å². The van der Waals surface area contributed by atoms with Crippen molar-refractivity contribution in [1.82, 2.24) is 79.0 Å². The molecule has 4 aromatic carbocycles. The molecule has 0 bridgehead atoms. The van der Waals surface area contributed by atoms with Gasteiger partial charge in [0.15, 0.2) is 0 Å². The van der Waals surface area contributed by atoms with Crippen LogP contribution in [-0.4, -0.2) is 221 Å². The van der Waals surface area contributed by atoms with Gasteiger partial charge in [-0.25, -0.2) is 39.9 Å². The number of hydrogen-bond donors (Lipinski definition) is 6. The van der Waals surface area contributed by atoms with Gasteiger partial charge in [0.2, 0.25) is 23.5 Å². The van der Waals surface area contributed by atoms with Crippen molar-refractivity contribution in [2.75, 3.05) is 108 Å². The lowest BCUT2D eigenvalue weighted by Crippen LogP contribution is -2.41. The Morgan fingerprint density at radius 3 is 0.993 bits per heavy atom. The summed E-state index contributed by atoms with van der Waals surface area (Å²) < 4.78 is 51.2. The number of esters is 2. The summed E-state index contributed by atoms with van der Waals surface area (Å²) in [6.07, 6.45) is 19.2. The molecule has 1 saturated heterocycles. The number of nitrogens with two attached hydrogens (primary N) is 4. The van der Waals surface area contributed by atoms with E-state index in [0.717, 1.165) is 31.3 Å². The summed E-state index contributed by atoms with van der Waals surface area (Å²) in [7, 11) is -0.425. The standard InChI is InChI=1S/C21H21ClN6O4.2C19H17ClN6O4.C14H23BN2O4.C13H10ClIN4O2/c1-2-31-17(29)5-6-27-11-13(10-26-27)15-4-3-14(9-16(15)22)28-7-8-32-20-18(21(28)30)19(23)24-12-25-20;2*20-14-7-12(1-2-13(14)11-8-24-25(9-11)4-3-15(27)28)26-5-6-30-18-16(19(26)29)17(21)22-10-23-18;1-6-19-12(18)7-8-17-10-11(9-16-17)15-20-13(2,3)14(4,5)21-15;14-8-5-7(1-2-9(8)15)19-3-4-21-12-10(13(19)20)11(16)17-6-18-12/h3-4,9-12H,2,5-8H2,1H3,(H2,23,24,25);2*1-2,7-10H,3-6H2,(H,27,28)(H2,21,22,23);9-10H,6-8H2,1-5H3;1-2,5-6H,3-4H2,(H2,16,17,18). The first-order chi connectivity index (χ1) is 64.2.